The Hall–Kier alpha value is -1.64. The molecular weight excluding hydrogens is 256 g/mol. The van der Waals surface area contributed by atoms with Crippen molar-refractivity contribution in [1.82, 2.24) is 9.97 Å². The Morgan fingerprint density at radius 1 is 1.47 bits per heavy atom. The van der Waals surface area contributed by atoms with Gasteiger partial charge in [0.05, 0.1) is 22.8 Å². The zero-order valence-corrected chi connectivity index (χ0v) is 10.4. The molecule has 0 spiro atoms. The predicted molar refractivity (Wildman–Crippen MR) is 68.3 cm³/mol. The second-order valence-corrected chi connectivity index (χ2v) is 4.44. The van der Waals surface area contributed by atoms with Crippen molar-refractivity contribution in [2.75, 3.05) is 11.9 Å². The van der Waals surface area contributed by atoms with Crippen molar-refractivity contribution < 1.29 is 0 Å². The number of hydrogen-bond acceptors (Lipinski definition) is 5. The van der Waals surface area contributed by atoms with Gasteiger partial charge in [0.15, 0.2) is 0 Å². The maximum absolute atomic E-state index is 8.79. The standard InChI is InChI=1S/C11H9ClN4S/c12-10-3-8(5-13)4-11(16-10)14-2-1-9-6-17-7-15-9/h3-4,6-7H,1-2H2,(H,14,16). The summed E-state index contributed by atoms with van der Waals surface area (Å²) in [5.41, 5.74) is 3.35. The lowest BCUT2D eigenvalue weighted by Crippen LogP contribution is -2.06. The Bertz CT molecular complexity index is 533. The van der Waals surface area contributed by atoms with Crippen LogP contribution >= 0.6 is 22.9 Å². The van der Waals surface area contributed by atoms with Crippen molar-refractivity contribution in [3.8, 4) is 6.07 Å². The highest BCUT2D eigenvalue weighted by molar-refractivity contribution is 7.07. The molecule has 0 aliphatic carbocycles. The number of nitriles is 1. The van der Waals surface area contributed by atoms with Crippen LogP contribution < -0.4 is 5.32 Å². The molecule has 0 aliphatic rings. The second-order valence-electron chi connectivity index (χ2n) is 3.33. The number of thiazole rings is 1. The molecule has 0 saturated carbocycles. The average molecular weight is 265 g/mol. The van der Waals surface area contributed by atoms with Crippen molar-refractivity contribution >= 4 is 28.8 Å². The molecule has 0 aromatic carbocycles. The Morgan fingerprint density at radius 3 is 3.06 bits per heavy atom. The molecule has 86 valence electrons. The van der Waals surface area contributed by atoms with E-state index in [1.54, 1.807) is 22.9 Å². The molecule has 0 aliphatic heterocycles. The molecule has 4 nitrogen and oxygen atoms in total. The first kappa shape index (κ1) is 11.8. The highest BCUT2D eigenvalue weighted by atomic mass is 35.5. The third kappa shape index (κ3) is 3.41. The minimum absolute atomic E-state index is 0.320. The number of hydrogen-bond donors (Lipinski definition) is 1. The molecule has 0 saturated heterocycles. The summed E-state index contributed by atoms with van der Waals surface area (Å²) in [7, 11) is 0. The largest absolute Gasteiger partial charge is 0.370 e. The van der Waals surface area contributed by atoms with Crippen molar-refractivity contribution in [3.63, 3.8) is 0 Å². The lowest BCUT2D eigenvalue weighted by Gasteiger charge is -2.04. The Kier molecular flexibility index (Phi) is 3.91. The third-order valence-electron chi connectivity index (χ3n) is 2.09. The van der Waals surface area contributed by atoms with E-state index in [1.165, 1.54) is 6.07 Å². The van der Waals surface area contributed by atoms with Gasteiger partial charge in [-0.1, -0.05) is 11.6 Å². The average Bonchev–Trinajstić information content (AvgIpc) is 2.81. The van der Waals surface area contributed by atoms with E-state index < -0.39 is 0 Å². The van der Waals surface area contributed by atoms with E-state index in [-0.39, 0.29) is 0 Å². The van der Waals surface area contributed by atoms with Crippen LogP contribution in [0.15, 0.2) is 23.0 Å². The van der Waals surface area contributed by atoms with Gasteiger partial charge < -0.3 is 5.32 Å². The van der Waals surface area contributed by atoms with Crippen LogP contribution in [0.5, 0.6) is 0 Å². The van der Waals surface area contributed by atoms with Gasteiger partial charge in [-0.3, -0.25) is 0 Å². The number of rotatable bonds is 4. The number of nitrogens with one attached hydrogen (secondary N) is 1. The van der Waals surface area contributed by atoms with E-state index in [2.05, 4.69) is 15.3 Å². The first-order valence-corrected chi connectivity index (χ1v) is 6.28. The van der Waals surface area contributed by atoms with Crippen LogP contribution in [-0.4, -0.2) is 16.5 Å². The normalized spacial score (nSPS) is 9.88. The molecule has 0 unspecified atom stereocenters. The van der Waals surface area contributed by atoms with Crippen molar-refractivity contribution in [1.29, 1.82) is 5.26 Å². The molecule has 2 aromatic heterocycles. The molecule has 6 heteroatoms. The summed E-state index contributed by atoms with van der Waals surface area (Å²) in [6.07, 6.45) is 0.819. The summed E-state index contributed by atoms with van der Waals surface area (Å²) in [5, 5.41) is 14.2. The lowest BCUT2D eigenvalue weighted by atomic mass is 10.3. The van der Waals surface area contributed by atoms with Crippen LogP contribution in [0, 0.1) is 11.3 Å². The number of aromatic nitrogens is 2. The predicted octanol–water partition coefficient (Wildman–Crippen LogP) is 2.72. The van der Waals surface area contributed by atoms with Crippen LogP contribution in [0.25, 0.3) is 0 Å². The minimum Gasteiger partial charge on any atom is -0.370 e. The van der Waals surface area contributed by atoms with Gasteiger partial charge in [0.25, 0.3) is 0 Å². The molecule has 0 amide bonds. The Morgan fingerprint density at radius 2 is 2.35 bits per heavy atom. The van der Waals surface area contributed by atoms with E-state index >= 15 is 0 Å². The fourth-order valence-electron chi connectivity index (χ4n) is 1.33. The maximum atomic E-state index is 8.79. The summed E-state index contributed by atoms with van der Waals surface area (Å²) in [5.74, 6) is 0.615. The van der Waals surface area contributed by atoms with Crippen molar-refractivity contribution in [2.24, 2.45) is 0 Å². The third-order valence-corrected chi connectivity index (χ3v) is 2.92. The van der Waals surface area contributed by atoms with Crippen molar-refractivity contribution in [3.05, 3.63) is 39.4 Å². The van der Waals surface area contributed by atoms with Crippen LogP contribution in [0.4, 0.5) is 5.82 Å². The summed E-state index contributed by atoms with van der Waals surface area (Å²) in [6, 6.07) is 5.25. The molecular formula is C11H9ClN4S. The number of pyridine rings is 1. The van der Waals surface area contributed by atoms with Crippen LogP contribution in [-0.2, 0) is 6.42 Å². The Balaban J connectivity index is 1.95. The Labute approximate surface area is 108 Å². The molecule has 2 rings (SSSR count). The lowest BCUT2D eigenvalue weighted by molar-refractivity contribution is 0.968. The quantitative estimate of drug-likeness (QED) is 0.863. The molecule has 17 heavy (non-hydrogen) atoms. The SMILES string of the molecule is N#Cc1cc(Cl)nc(NCCc2cscn2)c1. The van der Waals surface area contributed by atoms with Crippen LogP contribution in [0.2, 0.25) is 5.15 Å². The maximum Gasteiger partial charge on any atom is 0.132 e. The minimum atomic E-state index is 0.320. The van der Waals surface area contributed by atoms with Crippen LogP contribution in [0.1, 0.15) is 11.3 Å². The molecule has 0 bridgehead atoms. The molecule has 0 radical (unpaired) electrons. The van der Waals surface area contributed by atoms with E-state index in [0.717, 1.165) is 12.1 Å². The first-order valence-electron chi connectivity index (χ1n) is 4.96. The fraction of sp³-hybridized carbons (Fsp3) is 0.182. The number of anilines is 1. The van der Waals surface area contributed by atoms with Gasteiger partial charge in [-0.05, 0) is 12.1 Å². The monoisotopic (exact) mass is 264 g/mol. The summed E-state index contributed by atoms with van der Waals surface area (Å²) in [6.45, 7) is 0.710. The summed E-state index contributed by atoms with van der Waals surface area (Å²) >= 11 is 7.37. The smallest absolute Gasteiger partial charge is 0.132 e. The van der Waals surface area contributed by atoms with Gasteiger partial charge in [0.2, 0.25) is 0 Å². The number of halogens is 1. The van der Waals surface area contributed by atoms with Crippen LogP contribution in [0.3, 0.4) is 0 Å². The molecule has 0 fully saturated rings. The van der Waals surface area contributed by atoms with E-state index in [4.69, 9.17) is 16.9 Å². The van der Waals surface area contributed by atoms with Gasteiger partial charge >= 0.3 is 0 Å². The second kappa shape index (κ2) is 5.62. The van der Waals surface area contributed by atoms with Crippen molar-refractivity contribution in [2.45, 2.75) is 6.42 Å². The van der Waals surface area contributed by atoms with Gasteiger partial charge in [-0.15, -0.1) is 11.3 Å². The van der Waals surface area contributed by atoms with E-state index in [1.807, 2.05) is 11.4 Å². The van der Waals surface area contributed by atoms with Gasteiger partial charge in [-0.2, -0.15) is 5.26 Å². The topological polar surface area (TPSA) is 61.6 Å². The summed E-state index contributed by atoms with van der Waals surface area (Å²) < 4.78 is 0. The molecule has 2 heterocycles. The molecule has 2 aromatic rings. The first-order chi connectivity index (χ1) is 8.28. The fourth-order valence-corrected chi connectivity index (χ4v) is 2.13. The van der Waals surface area contributed by atoms with Gasteiger partial charge in [-0.25, -0.2) is 9.97 Å². The summed E-state index contributed by atoms with van der Waals surface area (Å²) in [4.78, 5) is 8.26. The highest BCUT2D eigenvalue weighted by Gasteiger charge is 2.01. The molecule has 0 atom stereocenters. The van der Waals surface area contributed by atoms with E-state index in [9.17, 15) is 0 Å². The zero-order valence-electron chi connectivity index (χ0n) is 8.85. The van der Waals surface area contributed by atoms with E-state index in [0.29, 0.717) is 23.1 Å². The molecule has 1 N–H and O–H groups in total. The number of nitrogens with zero attached hydrogens (tertiary/aromatic N) is 3. The zero-order chi connectivity index (χ0) is 12.1. The van der Waals surface area contributed by atoms with Gasteiger partial charge in [0.1, 0.15) is 11.0 Å². The van der Waals surface area contributed by atoms with Gasteiger partial charge in [0, 0.05) is 18.3 Å². The highest BCUT2D eigenvalue weighted by Crippen LogP contribution is 2.13.